The van der Waals surface area contributed by atoms with E-state index >= 15 is 0 Å². The minimum Gasteiger partial charge on any atom is -0.391 e. The zero-order valence-corrected chi connectivity index (χ0v) is 8.39. The van der Waals surface area contributed by atoms with Gasteiger partial charge in [-0.15, -0.1) is 12.4 Å². The number of aliphatic hydroxyl groups excluding tert-OH is 1. The van der Waals surface area contributed by atoms with Crippen molar-refractivity contribution in [3.63, 3.8) is 0 Å². The highest BCUT2D eigenvalue weighted by Gasteiger charge is 2.13. The highest BCUT2D eigenvalue weighted by atomic mass is 35.5. The van der Waals surface area contributed by atoms with Crippen LogP contribution in [0.15, 0.2) is 18.2 Å². The van der Waals surface area contributed by atoms with E-state index < -0.39 is 23.8 Å². The number of benzene rings is 1. The van der Waals surface area contributed by atoms with Crippen LogP contribution in [0.3, 0.4) is 0 Å². The van der Waals surface area contributed by atoms with Crippen molar-refractivity contribution in [1.82, 2.24) is 0 Å². The molecule has 1 aromatic carbocycles. The molecule has 2 atom stereocenters. The number of halogens is 3. The summed E-state index contributed by atoms with van der Waals surface area (Å²) in [5.41, 5.74) is 5.90. The largest absolute Gasteiger partial charge is 0.391 e. The lowest BCUT2D eigenvalue weighted by Gasteiger charge is -2.14. The molecule has 0 bridgehead atoms. The standard InChI is InChI=1S/C9H11F2NO.ClH/c1-5(13)9(12)6-2-3-7(10)8(11)4-6;/h2-5,9,13H,12H2,1H3;1H/t5-,9-;/m0./s1. The maximum absolute atomic E-state index is 12.7. The first-order valence-electron chi connectivity index (χ1n) is 3.91. The fourth-order valence-corrected chi connectivity index (χ4v) is 0.998. The molecule has 1 rings (SSSR count). The molecular weight excluding hydrogens is 212 g/mol. The highest BCUT2D eigenvalue weighted by molar-refractivity contribution is 5.85. The molecule has 0 saturated heterocycles. The number of nitrogens with two attached hydrogens (primary N) is 1. The SMILES string of the molecule is C[C@H](O)[C@H](N)c1ccc(F)c(F)c1.Cl. The first-order chi connectivity index (χ1) is 6.02. The van der Waals surface area contributed by atoms with Gasteiger partial charge in [-0.05, 0) is 24.6 Å². The fraction of sp³-hybridized carbons (Fsp3) is 0.333. The molecule has 1 aromatic rings. The Bertz CT molecular complexity index is 307. The molecule has 80 valence electrons. The Morgan fingerprint density at radius 1 is 1.29 bits per heavy atom. The van der Waals surface area contributed by atoms with E-state index in [-0.39, 0.29) is 12.4 Å². The molecule has 0 aliphatic rings. The van der Waals surface area contributed by atoms with Gasteiger partial charge in [-0.1, -0.05) is 6.07 Å². The predicted molar refractivity (Wildman–Crippen MR) is 52.2 cm³/mol. The second-order valence-corrected chi connectivity index (χ2v) is 2.94. The van der Waals surface area contributed by atoms with Gasteiger partial charge in [0.1, 0.15) is 0 Å². The Labute approximate surface area is 87.1 Å². The van der Waals surface area contributed by atoms with Gasteiger partial charge in [0.2, 0.25) is 0 Å². The van der Waals surface area contributed by atoms with Gasteiger partial charge >= 0.3 is 0 Å². The second-order valence-electron chi connectivity index (χ2n) is 2.94. The van der Waals surface area contributed by atoms with Gasteiger partial charge < -0.3 is 10.8 Å². The van der Waals surface area contributed by atoms with E-state index in [1.165, 1.54) is 13.0 Å². The average molecular weight is 224 g/mol. The third-order valence-corrected chi connectivity index (χ3v) is 1.85. The Morgan fingerprint density at radius 2 is 1.86 bits per heavy atom. The van der Waals surface area contributed by atoms with Crippen LogP contribution in [0.2, 0.25) is 0 Å². The molecule has 0 fully saturated rings. The van der Waals surface area contributed by atoms with Crippen molar-refractivity contribution in [3.8, 4) is 0 Å². The lowest BCUT2D eigenvalue weighted by atomic mass is 10.0. The predicted octanol–water partition coefficient (Wildman–Crippen LogP) is 1.77. The van der Waals surface area contributed by atoms with Crippen LogP contribution >= 0.6 is 12.4 Å². The Morgan fingerprint density at radius 3 is 2.29 bits per heavy atom. The molecule has 14 heavy (non-hydrogen) atoms. The van der Waals surface area contributed by atoms with Gasteiger partial charge in [-0.3, -0.25) is 0 Å². The van der Waals surface area contributed by atoms with Gasteiger partial charge in [0, 0.05) is 0 Å². The van der Waals surface area contributed by atoms with Gasteiger partial charge in [-0.25, -0.2) is 8.78 Å². The summed E-state index contributed by atoms with van der Waals surface area (Å²) < 4.78 is 25.2. The molecule has 0 amide bonds. The molecule has 2 nitrogen and oxygen atoms in total. The van der Waals surface area contributed by atoms with Crippen LogP contribution in [-0.4, -0.2) is 11.2 Å². The summed E-state index contributed by atoms with van der Waals surface area (Å²) in [7, 11) is 0. The molecule has 5 heteroatoms. The maximum Gasteiger partial charge on any atom is 0.159 e. The number of rotatable bonds is 2. The smallest absolute Gasteiger partial charge is 0.159 e. The van der Waals surface area contributed by atoms with E-state index in [1.54, 1.807) is 0 Å². The van der Waals surface area contributed by atoms with Gasteiger partial charge in [0.15, 0.2) is 11.6 Å². The Kier molecular flexibility index (Phi) is 4.97. The van der Waals surface area contributed by atoms with E-state index in [1.807, 2.05) is 0 Å². The molecule has 0 aliphatic heterocycles. The summed E-state index contributed by atoms with van der Waals surface area (Å²) in [6.45, 7) is 1.49. The number of hydrogen-bond acceptors (Lipinski definition) is 2. The number of aliphatic hydroxyl groups is 1. The van der Waals surface area contributed by atoms with Crippen LogP contribution in [0.5, 0.6) is 0 Å². The Hall–Kier alpha value is -0.710. The lowest BCUT2D eigenvalue weighted by molar-refractivity contribution is 0.164. The third kappa shape index (κ3) is 2.90. The van der Waals surface area contributed by atoms with Gasteiger partial charge in [0.25, 0.3) is 0 Å². The molecule has 0 unspecified atom stereocenters. The third-order valence-electron chi connectivity index (χ3n) is 1.85. The summed E-state index contributed by atoms with van der Waals surface area (Å²) in [6.07, 6.45) is -0.787. The molecule has 3 N–H and O–H groups in total. The normalized spacial score (nSPS) is 14.4. The molecular formula is C9H12ClF2NO. The summed E-state index contributed by atoms with van der Waals surface area (Å²) in [4.78, 5) is 0. The monoisotopic (exact) mass is 223 g/mol. The Balaban J connectivity index is 0.00000169. The van der Waals surface area contributed by atoms with E-state index in [0.29, 0.717) is 5.56 Å². The van der Waals surface area contributed by atoms with Crippen molar-refractivity contribution < 1.29 is 13.9 Å². The van der Waals surface area contributed by atoms with Crippen molar-refractivity contribution in [1.29, 1.82) is 0 Å². The molecule has 0 heterocycles. The molecule has 0 spiro atoms. The van der Waals surface area contributed by atoms with E-state index in [0.717, 1.165) is 12.1 Å². The minimum absolute atomic E-state index is 0. The van der Waals surface area contributed by atoms with Crippen molar-refractivity contribution in [2.45, 2.75) is 19.1 Å². The van der Waals surface area contributed by atoms with Crippen molar-refractivity contribution >= 4 is 12.4 Å². The van der Waals surface area contributed by atoms with Crippen LogP contribution in [0.4, 0.5) is 8.78 Å². The van der Waals surface area contributed by atoms with Crippen LogP contribution < -0.4 is 5.73 Å². The summed E-state index contributed by atoms with van der Waals surface area (Å²) >= 11 is 0. The van der Waals surface area contributed by atoms with Crippen LogP contribution in [-0.2, 0) is 0 Å². The number of hydrogen-bond donors (Lipinski definition) is 2. The molecule has 0 saturated carbocycles. The van der Waals surface area contributed by atoms with Crippen LogP contribution in [0.25, 0.3) is 0 Å². The zero-order valence-electron chi connectivity index (χ0n) is 7.58. The fourth-order valence-electron chi connectivity index (χ4n) is 0.998. The zero-order chi connectivity index (χ0) is 10.0. The lowest BCUT2D eigenvalue weighted by Crippen LogP contribution is -2.23. The van der Waals surface area contributed by atoms with Crippen LogP contribution in [0, 0.1) is 11.6 Å². The topological polar surface area (TPSA) is 46.2 Å². The van der Waals surface area contributed by atoms with Crippen molar-refractivity contribution in [2.24, 2.45) is 5.73 Å². The maximum atomic E-state index is 12.7. The van der Waals surface area contributed by atoms with Gasteiger partial charge in [0.05, 0.1) is 12.1 Å². The summed E-state index contributed by atoms with van der Waals surface area (Å²) in [6, 6.07) is 2.66. The summed E-state index contributed by atoms with van der Waals surface area (Å²) in [5, 5.41) is 9.09. The molecule has 0 aromatic heterocycles. The van der Waals surface area contributed by atoms with Gasteiger partial charge in [-0.2, -0.15) is 0 Å². The first-order valence-corrected chi connectivity index (χ1v) is 3.91. The average Bonchev–Trinajstić information content (AvgIpc) is 2.08. The first kappa shape index (κ1) is 13.3. The van der Waals surface area contributed by atoms with Crippen molar-refractivity contribution in [3.05, 3.63) is 35.4 Å². The highest BCUT2D eigenvalue weighted by Crippen LogP contribution is 2.16. The van der Waals surface area contributed by atoms with E-state index in [2.05, 4.69) is 0 Å². The van der Waals surface area contributed by atoms with E-state index in [4.69, 9.17) is 10.8 Å². The van der Waals surface area contributed by atoms with Crippen LogP contribution in [0.1, 0.15) is 18.5 Å². The summed E-state index contributed by atoms with van der Waals surface area (Å²) in [5.74, 6) is -1.87. The quantitative estimate of drug-likeness (QED) is 0.803. The van der Waals surface area contributed by atoms with Crippen molar-refractivity contribution in [2.75, 3.05) is 0 Å². The molecule has 0 aliphatic carbocycles. The molecule has 0 radical (unpaired) electrons. The second kappa shape index (κ2) is 5.24. The van der Waals surface area contributed by atoms with E-state index in [9.17, 15) is 8.78 Å². The minimum atomic E-state index is -0.950.